The molecule has 0 saturated carbocycles. The molecule has 0 radical (unpaired) electrons. The van der Waals surface area contributed by atoms with Crippen LogP contribution >= 0.6 is 0 Å². The molecule has 0 saturated heterocycles. The Balaban J connectivity index is 3.41. The molecule has 0 spiro atoms. The molecule has 0 aliphatic heterocycles. The van der Waals surface area contributed by atoms with Crippen LogP contribution in [0.15, 0.2) is 4.90 Å². The van der Waals surface area contributed by atoms with Crippen molar-refractivity contribution in [3.63, 3.8) is 0 Å². The van der Waals surface area contributed by atoms with E-state index in [0.717, 1.165) is 0 Å². The first kappa shape index (κ1) is 14.7. The third kappa shape index (κ3) is 2.40. The molecular weight excluding hydrogens is 252 g/mol. The second-order valence-electron chi connectivity index (χ2n) is 4.43. The van der Waals surface area contributed by atoms with Crippen molar-refractivity contribution in [3.8, 4) is 6.07 Å². The number of sulfonamides is 1. The van der Waals surface area contributed by atoms with Crippen molar-refractivity contribution in [1.29, 1.82) is 5.26 Å². The minimum atomic E-state index is -3.68. The zero-order chi connectivity index (χ0) is 14.1. The lowest BCUT2D eigenvalue weighted by atomic mass is 10.4. The first-order valence-electron chi connectivity index (χ1n) is 5.62. The summed E-state index contributed by atoms with van der Waals surface area (Å²) in [6, 6.07) is 1.62. The van der Waals surface area contributed by atoms with Crippen molar-refractivity contribution in [2.45, 2.75) is 38.6 Å². The standard InChI is InChI=1S/C11H18N4O2S/c1-8(2)15(7-6-12)18(16,17)11-9(3)13-14(5)10(11)4/h8H,7H2,1-5H3. The second-order valence-corrected chi connectivity index (χ2v) is 6.25. The summed E-state index contributed by atoms with van der Waals surface area (Å²) in [5, 5.41) is 12.9. The maximum Gasteiger partial charge on any atom is 0.247 e. The Morgan fingerprint density at radius 3 is 2.33 bits per heavy atom. The van der Waals surface area contributed by atoms with Gasteiger partial charge in [0.2, 0.25) is 10.0 Å². The molecule has 0 atom stereocenters. The van der Waals surface area contributed by atoms with Gasteiger partial charge in [0.15, 0.2) is 0 Å². The van der Waals surface area contributed by atoms with Crippen molar-refractivity contribution >= 4 is 10.0 Å². The molecule has 0 aliphatic rings. The lowest BCUT2D eigenvalue weighted by Gasteiger charge is -2.23. The number of hydrogen-bond donors (Lipinski definition) is 0. The van der Waals surface area contributed by atoms with Gasteiger partial charge in [0.05, 0.1) is 17.5 Å². The van der Waals surface area contributed by atoms with Gasteiger partial charge in [0.1, 0.15) is 11.4 Å². The van der Waals surface area contributed by atoms with Gasteiger partial charge in [-0.25, -0.2) is 8.42 Å². The fourth-order valence-electron chi connectivity index (χ4n) is 1.86. The topological polar surface area (TPSA) is 79.0 Å². The van der Waals surface area contributed by atoms with Crippen molar-refractivity contribution in [2.75, 3.05) is 6.54 Å². The van der Waals surface area contributed by atoms with E-state index in [9.17, 15) is 8.42 Å². The van der Waals surface area contributed by atoms with E-state index in [1.807, 2.05) is 6.07 Å². The van der Waals surface area contributed by atoms with Crippen LogP contribution in [-0.2, 0) is 17.1 Å². The highest BCUT2D eigenvalue weighted by Gasteiger charge is 2.31. The summed E-state index contributed by atoms with van der Waals surface area (Å²) in [5.41, 5.74) is 1.04. The smallest absolute Gasteiger partial charge is 0.247 e. The van der Waals surface area contributed by atoms with Crippen LogP contribution in [0.3, 0.4) is 0 Å². The molecule has 7 heteroatoms. The summed E-state index contributed by atoms with van der Waals surface area (Å²) in [7, 11) is -1.98. The van der Waals surface area contributed by atoms with Crippen LogP contribution in [0, 0.1) is 25.2 Å². The summed E-state index contributed by atoms with van der Waals surface area (Å²) < 4.78 is 27.8. The average Bonchev–Trinajstić information content (AvgIpc) is 2.49. The SMILES string of the molecule is Cc1nn(C)c(C)c1S(=O)(=O)N(CC#N)C(C)C. The molecule has 0 aliphatic carbocycles. The van der Waals surface area contributed by atoms with Gasteiger partial charge in [-0.2, -0.15) is 14.7 Å². The van der Waals surface area contributed by atoms with E-state index < -0.39 is 10.0 Å². The van der Waals surface area contributed by atoms with E-state index in [0.29, 0.717) is 11.4 Å². The van der Waals surface area contributed by atoms with Crippen LogP contribution in [0.5, 0.6) is 0 Å². The normalized spacial score (nSPS) is 12.1. The van der Waals surface area contributed by atoms with Gasteiger partial charge in [-0.1, -0.05) is 0 Å². The van der Waals surface area contributed by atoms with E-state index in [1.165, 1.54) is 8.99 Å². The van der Waals surface area contributed by atoms with Crippen LogP contribution in [0.2, 0.25) is 0 Å². The van der Waals surface area contributed by atoms with Crippen LogP contribution in [0.25, 0.3) is 0 Å². The Hall–Kier alpha value is -1.39. The number of hydrogen-bond acceptors (Lipinski definition) is 4. The van der Waals surface area contributed by atoms with Crippen molar-refractivity contribution in [1.82, 2.24) is 14.1 Å². The molecule has 0 N–H and O–H groups in total. The van der Waals surface area contributed by atoms with E-state index in [4.69, 9.17) is 5.26 Å². The van der Waals surface area contributed by atoms with Gasteiger partial charge < -0.3 is 0 Å². The zero-order valence-electron chi connectivity index (χ0n) is 11.3. The van der Waals surface area contributed by atoms with E-state index >= 15 is 0 Å². The molecular formula is C11H18N4O2S. The quantitative estimate of drug-likeness (QED) is 0.763. The molecule has 6 nitrogen and oxygen atoms in total. The van der Waals surface area contributed by atoms with Crippen molar-refractivity contribution < 1.29 is 8.42 Å². The van der Waals surface area contributed by atoms with Gasteiger partial charge in [-0.3, -0.25) is 4.68 Å². The highest BCUT2D eigenvalue weighted by atomic mass is 32.2. The van der Waals surface area contributed by atoms with Gasteiger partial charge in [0, 0.05) is 13.1 Å². The molecule has 1 heterocycles. The number of nitrogens with zero attached hydrogens (tertiary/aromatic N) is 4. The summed E-state index contributed by atoms with van der Waals surface area (Å²) in [5.74, 6) is 0. The van der Waals surface area contributed by atoms with Crippen molar-refractivity contribution in [2.24, 2.45) is 7.05 Å². The average molecular weight is 270 g/mol. The number of rotatable bonds is 4. The predicted molar refractivity (Wildman–Crippen MR) is 67.3 cm³/mol. The predicted octanol–water partition coefficient (Wildman–Crippen LogP) is 0.960. The number of aryl methyl sites for hydroxylation is 2. The van der Waals surface area contributed by atoms with Crippen LogP contribution in [-0.4, -0.2) is 35.1 Å². The van der Waals surface area contributed by atoms with Crippen LogP contribution in [0.4, 0.5) is 0 Å². The highest BCUT2D eigenvalue weighted by molar-refractivity contribution is 7.89. The lowest BCUT2D eigenvalue weighted by molar-refractivity contribution is 0.385. The third-order valence-electron chi connectivity index (χ3n) is 2.81. The van der Waals surface area contributed by atoms with E-state index in [-0.39, 0.29) is 17.5 Å². The number of aromatic nitrogens is 2. The van der Waals surface area contributed by atoms with Crippen molar-refractivity contribution in [3.05, 3.63) is 11.4 Å². The molecule has 0 unspecified atom stereocenters. The van der Waals surface area contributed by atoms with Gasteiger partial charge >= 0.3 is 0 Å². The molecule has 100 valence electrons. The molecule has 1 aromatic heterocycles. The Labute approximate surface area is 108 Å². The summed E-state index contributed by atoms with van der Waals surface area (Å²) in [4.78, 5) is 0.203. The third-order valence-corrected chi connectivity index (χ3v) is 5.09. The number of nitriles is 1. The summed E-state index contributed by atoms with van der Waals surface area (Å²) in [6.07, 6.45) is 0. The highest BCUT2D eigenvalue weighted by Crippen LogP contribution is 2.24. The minimum Gasteiger partial charge on any atom is -0.271 e. The van der Waals surface area contributed by atoms with Gasteiger partial charge in [-0.15, -0.1) is 0 Å². The lowest BCUT2D eigenvalue weighted by Crippen LogP contribution is -2.37. The largest absolute Gasteiger partial charge is 0.271 e. The first-order chi connectivity index (χ1) is 8.23. The molecule has 18 heavy (non-hydrogen) atoms. The molecule has 1 aromatic rings. The monoisotopic (exact) mass is 270 g/mol. The summed E-state index contributed by atoms with van der Waals surface area (Å²) >= 11 is 0. The van der Waals surface area contributed by atoms with E-state index in [1.54, 1.807) is 34.7 Å². The second kappa shape index (κ2) is 5.08. The first-order valence-corrected chi connectivity index (χ1v) is 7.06. The maximum absolute atomic E-state index is 12.5. The van der Waals surface area contributed by atoms with E-state index in [2.05, 4.69) is 5.10 Å². The Kier molecular flexibility index (Phi) is 4.14. The molecule has 0 amide bonds. The fraction of sp³-hybridized carbons (Fsp3) is 0.636. The van der Waals surface area contributed by atoms with Crippen LogP contribution < -0.4 is 0 Å². The maximum atomic E-state index is 12.5. The summed E-state index contributed by atoms with van der Waals surface area (Å²) in [6.45, 7) is 6.70. The zero-order valence-corrected chi connectivity index (χ0v) is 12.1. The Bertz CT molecular complexity index is 581. The Morgan fingerprint density at radius 1 is 1.44 bits per heavy atom. The van der Waals surface area contributed by atoms with Crippen LogP contribution in [0.1, 0.15) is 25.2 Å². The molecule has 0 bridgehead atoms. The molecule has 1 rings (SSSR count). The van der Waals surface area contributed by atoms with Gasteiger partial charge in [-0.05, 0) is 27.7 Å². The molecule has 0 fully saturated rings. The molecule has 0 aromatic carbocycles. The minimum absolute atomic E-state index is 0.159. The van der Waals surface area contributed by atoms with Gasteiger partial charge in [0.25, 0.3) is 0 Å². The fourth-order valence-corrected chi connectivity index (χ4v) is 3.80. The Morgan fingerprint density at radius 2 is 2.00 bits per heavy atom.